The third kappa shape index (κ3) is 2.88. The van der Waals surface area contributed by atoms with Gasteiger partial charge in [0.15, 0.2) is 0 Å². The van der Waals surface area contributed by atoms with E-state index in [-0.39, 0.29) is 6.03 Å². The molecule has 1 aliphatic rings. The number of imidazole rings is 1. The molecule has 0 radical (unpaired) electrons. The molecular weight excluding hydrogens is 252 g/mol. The van der Waals surface area contributed by atoms with E-state index >= 15 is 0 Å². The minimum atomic E-state index is -0.151. The molecule has 1 aromatic heterocycles. The van der Waals surface area contributed by atoms with Gasteiger partial charge in [0.2, 0.25) is 0 Å². The van der Waals surface area contributed by atoms with Crippen LogP contribution in [0.2, 0.25) is 0 Å². The van der Waals surface area contributed by atoms with E-state index in [1.165, 1.54) is 11.0 Å². The number of nitrogens with zero attached hydrogens (tertiary/aromatic N) is 3. The number of hydrazine groups is 1. The zero-order chi connectivity index (χ0) is 13.8. The van der Waals surface area contributed by atoms with Crippen molar-refractivity contribution in [3.63, 3.8) is 0 Å². The number of aromatic nitrogens is 2. The van der Waals surface area contributed by atoms with Gasteiger partial charge in [0.1, 0.15) is 6.33 Å². The first kappa shape index (κ1) is 12.9. The summed E-state index contributed by atoms with van der Waals surface area (Å²) >= 11 is 0. The van der Waals surface area contributed by atoms with Crippen LogP contribution in [0.4, 0.5) is 4.79 Å². The van der Waals surface area contributed by atoms with Gasteiger partial charge in [-0.1, -0.05) is 36.8 Å². The lowest BCUT2D eigenvalue weighted by Crippen LogP contribution is -2.46. The summed E-state index contributed by atoms with van der Waals surface area (Å²) in [5.74, 6) is 0. The molecule has 5 heteroatoms. The summed E-state index contributed by atoms with van der Waals surface area (Å²) in [5.41, 5.74) is 4.73. The van der Waals surface area contributed by atoms with Crippen LogP contribution in [0.15, 0.2) is 42.9 Å². The van der Waals surface area contributed by atoms with Crippen LogP contribution in [-0.2, 0) is 0 Å². The Morgan fingerprint density at radius 2 is 1.85 bits per heavy atom. The van der Waals surface area contributed by atoms with Crippen LogP contribution in [0, 0.1) is 0 Å². The lowest BCUT2D eigenvalue weighted by molar-refractivity contribution is 0.155. The summed E-state index contributed by atoms with van der Waals surface area (Å²) in [6.45, 7) is 1.85. The van der Waals surface area contributed by atoms with Crippen molar-refractivity contribution in [2.45, 2.75) is 19.3 Å². The Balaban J connectivity index is 1.68. The normalized spacial score (nSPS) is 16.0. The fraction of sp³-hybridized carbons (Fsp3) is 0.333. The van der Waals surface area contributed by atoms with E-state index in [2.05, 4.69) is 10.4 Å². The number of hydrogen-bond acceptors (Lipinski definition) is 3. The molecule has 1 aromatic carbocycles. The van der Waals surface area contributed by atoms with Crippen LogP contribution in [0.25, 0.3) is 11.3 Å². The molecular formula is C15H18N4O. The van der Waals surface area contributed by atoms with E-state index in [1.807, 2.05) is 35.3 Å². The van der Waals surface area contributed by atoms with Gasteiger partial charge in [-0.3, -0.25) is 9.99 Å². The van der Waals surface area contributed by atoms with Crippen molar-refractivity contribution in [2.75, 3.05) is 13.1 Å². The molecule has 0 bridgehead atoms. The number of nitrogens with one attached hydrogen (secondary N) is 1. The number of carbonyl (C=O) groups is 1. The Kier molecular flexibility index (Phi) is 3.78. The highest BCUT2D eigenvalue weighted by Gasteiger charge is 2.14. The molecule has 1 saturated heterocycles. The van der Waals surface area contributed by atoms with Crippen LogP contribution < -0.4 is 5.43 Å². The molecule has 5 nitrogen and oxygen atoms in total. The van der Waals surface area contributed by atoms with Gasteiger partial charge in [0.25, 0.3) is 0 Å². The van der Waals surface area contributed by atoms with Gasteiger partial charge in [0, 0.05) is 24.8 Å². The second-order valence-electron chi connectivity index (χ2n) is 5.00. The maximum Gasteiger partial charge on any atom is 0.341 e. The molecule has 2 heterocycles. The number of piperidine rings is 1. The SMILES string of the molecule is O=C(NN1CCCCC1)n1cnc(-c2ccccc2)c1. The van der Waals surface area contributed by atoms with Crippen molar-refractivity contribution in [3.05, 3.63) is 42.9 Å². The Bertz CT molecular complexity index is 573. The van der Waals surface area contributed by atoms with Crippen LogP contribution >= 0.6 is 0 Å². The Hall–Kier alpha value is -2.14. The molecule has 0 atom stereocenters. The van der Waals surface area contributed by atoms with E-state index in [4.69, 9.17) is 0 Å². The van der Waals surface area contributed by atoms with Crippen LogP contribution in [-0.4, -0.2) is 33.7 Å². The Morgan fingerprint density at radius 3 is 2.60 bits per heavy atom. The highest BCUT2D eigenvalue weighted by Crippen LogP contribution is 2.15. The minimum Gasteiger partial charge on any atom is -0.270 e. The van der Waals surface area contributed by atoms with Gasteiger partial charge in [-0.15, -0.1) is 0 Å². The number of carbonyl (C=O) groups excluding carboxylic acids is 1. The average Bonchev–Trinajstić information content (AvgIpc) is 2.99. The van der Waals surface area contributed by atoms with Gasteiger partial charge < -0.3 is 0 Å². The molecule has 2 aromatic rings. The molecule has 0 saturated carbocycles. The predicted molar refractivity (Wildman–Crippen MR) is 77.0 cm³/mol. The number of rotatable bonds is 2. The van der Waals surface area contributed by atoms with Crippen molar-refractivity contribution >= 4 is 6.03 Å². The van der Waals surface area contributed by atoms with Crippen molar-refractivity contribution in [2.24, 2.45) is 0 Å². The first-order valence-electron chi connectivity index (χ1n) is 6.98. The first-order chi connectivity index (χ1) is 9.83. The van der Waals surface area contributed by atoms with E-state index in [9.17, 15) is 4.79 Å². The van der Waals surface area contributed by atoms with Crippen molar-refractivity contribution in [1.29, 1.82) is 0 Å². The monoisotopic (exact) mass is 270 g/mol. The molecule has 0 aliphatic carbocycles. The van der Waals surface area contributed by atoms with Gasteiger partial charge in [-0.05, 0) is 12.8 Å². The van der Waals surface area contributed by atoms with Gasteiger partial charge in [0.05, 0.1) is 5.69 Å². The van der Waals surface area contributed by atoms with E-state index in [0.717, 1.165) is 37.2 Å². The second kappa shape index (κ2) is 5.88. The quantitative estimate of drug-likeness (QED) is 0.912. The Morgan fingerprint density at radius 1 is 1.10 bits per heavy atom. The van der Waals surface area contributed by atoms with Crippen molar-refractivity contribution < 1.29 is 4.79 Å². The summed E-state index contributed by atoms with van der Waals surface area (Å²) in [7, 11) is 0. The lowest BCUT2D eigenvalue weighted by Gasteiger charge is -2.26. The number of benzene rings is 1. The summed E-state index contributed by atoms with van der Waals surface area (Å²) in [5, 5.41) is 1.98. The largest absolute Gasteiger partial charge is 0.341 e. The molecule has 3 rings (SSSR count). The maximum absolute atomic E-state index is 12.1. The van der Waals surface area contributed by atoms with E-state index in [1.54, 1.807) is 12.5 Å². The van der Waals surface area contributed by atoms with Crippen LogP contribution in [0.3, 0.4) is 0 Å². The Labute approximate surface area is 118 Å². The fourth-order valence-electron chi connectivity index (χ4n) is 2.39. The molecule has 1 N–H and O–H groups in total. The number of hydrogen-bond donors (Lipinski definition) is 1. The standard InChI is InChI=1S/C15H18N4O/c20-15(17-19-9-5-2-6-10-19)18-11-14(16-12-18)13-7-3-1-4-8-13/h1,3-4,7-8,11-12H,2,5-6,9-10H2,(H,17,20). The highest BCUT2D eigenvalue weighted by molar-refractivity contribution is 5.77. The number of amides is 1. The van der Waals surface area contributed by atoms with Crippen molar-refractivity contribution in [3.8, 4) is 11.3 Å². The van der Waals surface area contributed by atoms with Gasteiger partial charge >= 0.3 is 6.03 Å². The van der Waals surface area contributed by atoms with Crippen LogP contribution in [0.5, 0.6) is 0 Å². The summed E-state index contributed by atoms with van der Waals surface area (Å²) in [6, 6.07) is 9.69. The maximum atomic E-state index is 12.1. The zero-order valence-electron chi connectivity index (χ0n) is 11.3. The topological polar surface area (TPSA) is 50.2 Å². The molecule has 1 aliphatic heterocycles. The molecule has 0 spiro atoms. The van der Waals surface area contributed by atoms with Crippen molar-refractivity contribution in [1.82, 2.24) is 20.0 Å². The summed E-state index contributed by atoms with van der Waals surface area (Å²) in [4.78, 5) is 16.4. The average molecular weight is 270 g/mol. The zero-order valence-corrected chi connectivity index (χ0v) is 11.3. The smallest absolute Gasteiger partial charge is 0.270 e. The van der Waals surface area contributed by atoms with E-state index < -0.39 is 0 Å². The predicted octanol–water partition coefficient (Wildman–Crippen LogP) is 2.51. The molecule has 0 unspecified atom stereocenters. The first-order valence-corrected chi connectivity index (χ1v) is 6.98. The third-order valence-corrected chi connectivity index (χ3v) is 3.50. The lowest BCUT2D eigenvalue weighted by atomic mass is 10.2. The van der Waals surface area contributed by atoms with Crippen LogP contribution in [0.1, 0.15) is 19.3 Å². The summed E-state index contributed by atoms with van der Waals surface area (Å²) in [6.07, 6.45) is 6.84. The molecule has 20 heavy (non-hydrogen) atoms. The van der Waals surface area contributed by atoms with Gasteiger partial charge in [-0.2, -0.15) is 0 Å². The molecule has 1 fully saturated rings. The molecule has 104 valence electrons. The van der Waals surface area contributed by atoms with Gasteiger partial charge in [-0.25, -0.2) is 14.8 Å². The fourth-order valence-corrected chi connectivity index (χ4v) is 2.39. The second-order valence-corrected chi connectivity index (χ2v) is 5.00. The highest BCUT2D eigenvalue weighted by atomic mass is 16.2. The molecule has 1 amide bonds. The third-order valence-electron chi connectivity index (χ3n) is 3.50. The summed E-state index contributed by atoms with van der Waals surface area (Å²) < 4.78 is 1.50. The minimum absolute atomic E-state index is 0.151. The van der Waals surface area contributed by atoms with E-state index in [0.29, 0.717) is 0 Å².